The molecular weight excluding hydrogens is 494 g/mol. The van der Waals surface area contributed by atoms with Crippen molar-refractivity contribution in [1.82, 2.24) is 14.7 Å². The van der Waals surface area contributed by atoms with Crippen LogP contribution in [0.15, 0.2) is 48.5 Å². The predicted octanol–water partition coefficient (Wildman–Crippen LogP) is 5.24. The molecule has 3 aromatic rings. The van der Waals surface area contributed by atoms with Crippen molar-refractivity contribution >= 4 is 29.4 Å². The topological polar surface area (TPSA) is 58.4 Å². The molecule has 0 radical (unpaired) electrons. The Morgan fingerprint density at radius 2 is 1.76 bits per heavy atom. The SMILES string of the molecule is CC(C)(C)c1nn(-c2ccc(F)cc2)c2c1[C@@H](c1cccc(F)c1)SCC(=O)N2CC(=O)N1CCCC1. The summed E-state index contributed by atoms with van der Waals surface area (Å²) in [5, 5.41) is 4.58. The molecule has 1 aromatic heterocycles. The molecule has 194 valence electrons. The van der Waals surface area contributed by atoms with E-state index in [1.165, 1.54) is 40.9 Å². The standard InChI is InChI=1S/C28H30F2N4O2S/c1-28(2,3)26-24-25(18-7-6-8-20(30)15-18)37-17-23(36)33(16-22(35)32-13-4-5-14-32)27(24)34(31-26)21-11-9-19(29)10-12-21/h6-12,15,25H,4-5,13-14,16-17H2,1-3H3/t25-/m1/s1. The van der Waals surface area contributed by atoms with Crippen molar-refractivity contribution in [2.24, 2.45) is 0 Å². The zero-order valence-electron chi connectivity index (χ0n) is 21.2. The number of benzene rings is 2. The highest BCUT2D eigenvalue weighted by Gasteiger charge is 2.40. The number of hydrogen-bond acceptors (Lipinski definition) is 4. The molecule has 37 heavy (non-hydrogen) atoms. The van der Waals surface area contributed by atoms with Crippen LogP contribution in [-0.2, 0) is 15.0 Å². The third-order valence-electron chi connectivity index (χ3n) is 6.77. The normalized spacial score (nSPS) is 18.2. The van der Waals surface area contributed by atoms with E-state index >= 15 is 0 Å². The van der Waals surface area contributed by atoms with E-state index in [0.29, 0.717) is 24.6 Å². The summed E-state index contributed by atoms with van der Waals surface area (Å²) in [5.74, 6) is -0.483. The van der Waals surface area contributed by atoms with Gasteiger partial charge >= 0.3 is 0 Å². The first-order chi connectivity index (χ1) is 17.6. The number of amides is 2. The summed E-state index contributed by atoms with van der Waals surface area (Å²) in [6.45, 7) is 7.34. The van der Waals surface area contributed by atoms with Crippen molar-refractivity contribution in [3.63, 3.8) is 0 Å². The average Bonchev–Trinajstić information content (AvgIpc) is 3.49. The fraction of sp³-hybridized carbons (Fsp3) is 0.393. The Morgan fingerprint density at radius 1 is 1.05 bits per heavy atom. The Kier molecular flexibility index (Phi) is 6.83. The highest BCUT2D eigenvalue weighted by atomic mass is 32.2. The molecule has 0 N–H and O–H groups in total. The number of fused-ring (bicyclic) bond motifs is 1. The van der Waals surface area contributed by atoms with Gasteiger partial charge in [-0.3, -0.25) is 14.5 Å². The number of thioether (sulfide) groups is 1. The lowest BCUT2D eigenvalue weighted by molar-refractivity contribution is -0.130. The zero-order valence-corrected chi connectivity index (χ0v) is 22.0. The van der Waals surface area contributed by atoms with Gasteiger partial charge in [0.05, 0.1) is 22.4 Å². The minimum absolute atomic E-state index is 0.112. The highest BCUT2D eigenvalue weighted by Crippen LogP contribution is 2.48. The van der Waals surface area contributed by atoms with Crippen molar-refractivity contribution in [3.05, 3.63) is 77.0 Å². The lowest BCUT2D eigenvalue weighted by atomic mass is 9.87. The molecule has 0 aliphatic carbocycles. The third kappa shape index (κ3) is 5.01. The Bertz CT molecular complexity index is 1330. The summed E-state index contributed by atoms with van der Waals surface area (Å²) in [6, 6.07) is 12.3. The van der Waals surface area contributed by atoms with Crippen LogP contribution in [0.1, 0.15) is 55.7 Å². The lowest BCUT2D eigenvalue weighted by Crippen LogP contribution is -2.43. The van der Waals surface area contributed by atoms with Crippen LogP contribution in [-0.4, -0.2) is 51.9 Å². The molecule has 2 aromatic carbocycles. The maximum Gasteiger partial charge on any atom is 0.242 e. The van der Waals surface area contributed by atoms with E-state index in [4.69, 9.17) is 5.10 Å². The smallest absolute Gasteiger partial charge is 0.242 e. The summed E-state index contributed by atoms with van der Waals surface area (Å²) >= 11 is 1.40. The fourth-order valence-corrected chi connectivity index (χ4v) is 6.16. The van der Waals surface area contributed by atoms with Crippen molar-refractivity contribution in [2.45, 2.75) is 44.3 Å². The van der Waals surface area contributed by atoms with Gasteiger partial charge in [0, 0.05) is 24.1 Å². The maximum absolute atomic E-state index is 14.3. The molecule has 1 fully saturated rings. The number of nitrogens with zero attached hydrogens (tertiary/aromatic N) is 4. The van der Waals surface area contributed by atoms with Gasteiger partial charge in [0.15, 0.2) is 0 Å². The molecule has 1 atom stereocenters. The molecule has 2 amide bonds. The number of halogens is 2. The molecule has 2 aliphatic rings. The molecule has 3 heterocycles. The number of hydrogen-bond donors (Lipinski definition) is 0. The van der Waals surface area contributed by atoms with Crippen LogP contribution < -0.4 is 4.90 Å². The number of aromatic nitrogens is 2. The van der Waals surface area contributed by atoms with Gasteiger partial charge in [-0.15, -0.1) is 11.8 Å². The minimum Gasteiger partial charge on any atom is -0.341 e. The van der Waals surface area contributed by atoms with Crippen molar-refractivity contribution < 1.29 is 18.4 Å². The summed E-state index contributed by atoms with van der Waals surface area (Å²) in [7, 11) is 0. The largest absolute Gasteiger partial charge is 0.341 e. The number of anilines is 1. The van der Waals surface area contributed by atoms with Gasteiger partial charge in [-0.2, -0.15) is 5.10 Å². The van der Waals surface area contributed by atoms with Gasteiger partial charge in [-0.25, -0.2) is 13.5 Å². The highest BCUT2D eigenvalue weighted by molar-refractivity contribution is 8.00. The van der Waals surface area contributed by atoms with Gasteiger partial charge in [-0.1, -0.05) is 32.9 Å². The van der Waals surface area contributed by atoms with E-state index in [-0.39, 0.29) is 41.0 Å². The summed E-state index contributed by atoms with van der Waals surface area (Å²) < 4.78 is 29.8. The van der Waals surface area contributed by atoms with Crippen LogP contribution in [0.5, 0.6) is 0 Å². The molecule has 1 saturated heterocycles. The van der Waals surface area contributed by atoms with Crippen LogP contribution in [0.4, 0.5) is 14.6 Å². The van der Waals surface area contributed by atoms with Gasteiger partial charge in [0.2, 0.25) is 11.8 Å². The van der Waals surface area contributed by atoms with Crippen LogP contribution in [0.3, 0.4) is 0 Å². The Hall–Kier alpha value is -3.20. The lowest BCUT2D eigenvalue weighted by Gasteiger charge is -2.26. The van der Waals surface area contributed by atoms with E-state index in [2.05, 4.69) is 0 Å². The molecule has 9 heteroatoms. The van der Waals surface area contributed by atoms with Crippen molar-refractivity contribution in [2.75, 3.05) is 30.3 Å². The second-order valence-corrected chi connectivity index (χ2v) is 11.6. The summed E-state index contributed by atoms with van der Waals surface area (Å²) in [5.41, 5.74) is 2.37. The van der Waals surface area contributed by atoms with Gasteiger partial charge in [0.25, 0.3) is 0 Å². The van der Waals surface area contributed by atoms with E-state index in [9.17, 15) is 18.4 Å². The summed E-state index contributed by atoms with van der Waals surface area (Å²) in [6.07, 6.45) is 1.90. The van der Waals surface area contributed by atoms with Gasteiger partial charge in [0.1, 0.15) is 24.0 Å². The maximum atomic E-state index is 14.3. The molecule has 5 rings (SSSR count). The van der Waals surface area contributed by atoms with Crippen LogP contribution in [0.2, 0.25) is 0 Å². The first-order valence-corrected chi connectivity index (χ1v) is 13.5. The second-order valence-electron chi connectivity index (χ2n) is 10.5. The van der Waals surface area contributed by atoms with Gasteiger partial charge in [-0.05, 0) is 54.8 Å². The monoisotopic (exact) mass is 524 g/mol. The number of likely N-dealkylation sites (tertiary alicyclic amines) is 1. The van der Waals surface area contributed by atoms with Crippen LogP contribution in [0, 0.1) is 11.6 Å². The van der Waals surface area contributed by atoms with Crippen molar-refractivity contribution in [1.29, 1.82) is 0 Å². The first kappa shape index (κ1) is 25.4. The van der Waals surface area contributed by atoms with Gasteiger partial charge < -0.3 is 4.90 Å². The molecule has 2 aliphatic heterocycles. The van der Waals surface area contributed by atoms with E-state index in [0.717, 1.165) is 29.7 Å². The molecule has 6 nitrogen and oxygen atoms in total. The quantitative estimate of drug-likeness (QED) is 0.469. The zero-order chi connectivity index (χ0) is 26.3. The van der Waals surface area contributed by atoms with E-state index in [1.807, 2.05) is 26.8 Å². The number of rotatable bonds is 4. The van der Waals surface area contributed by atoms with E-state index in [1.54, 1.807) is 27.8 Å². The molecule has 0 spiro atoms. The Morgan fingerprint density at radius 3 is 2.41 bits per heavy atom. The average molecular weight is 525 g/mol. The van der Waals surface area contributed by atoms with Crippen LogP contribution >= 0.6 is 11.8 Å². The Balaban J connectivity index is 1.75. The Labute approximate surface area is 219 Å². The molecular formula is C28H30F2N4O2S. The summed E-state index contributed by atoms with van der Waals surface area (Å²) in [4.78, 5) is 30.2. The van der Waals surface area contributed by atoms with E-state index < -0.39 is 5.41 Å². The molecule has 0 unspecified atom stereocenters. The molecule has 0 saturated carbocycles. The van der Waals surface area contributed by atoms with Crippen molar-refractivity contribution in [3.8, 4) is 5.69 Å². The number of carbonyl (C=O) groups excluding carboxylic acids is 2. The number of carbonyl (C=O) groups is 2. The fourth-order valence-electron chi connectivity index (χ4n) is 4.97. The second kappa shape index (κ2) is 9.93. The third-order valence-corrected chi connectivity index (χ3v) is 8.03. The predicted molar refractivity (Wildman–Crippen MR) is 141 cm³/mol. The van der Waals surface area contributed by atoms with Crippen LogP contribution in [0.25, 0.3) is 5.69 Å². The minimum atomic E-state index is -0.431. The first-order valence-electron chi connectivity index (χ1n) is 12.5. The molecule has 0 bridgehead atoms.